The molecule has 0 aliphatic carbocycles. The quantitative estimate of drug-likeness (QED) is 0.277. The van der Waals surface area contributed by atoms with Crippen molar-refractivity contribution in [2.45, 2.75) is 0 Å². The summed E-state index contributed by atoms with van der Waals surface area (Å²) in [6, 6.07) is 0. The summed E-state index contributed by atoms with van der Waals surface area (Å²) >= 11 is 4.51. The summed E-state index contributed by atoms with van der Waals surface area (Å²) in [6.45, 7) is 1.01. The first kappa shape index (κ1) is 2.15. The highest BCUT2D eigenvalue weighted by atomic mass is 32.1. The molecule has 0 aromatic rings. The molecule has 1 nitrogen and oxygen atoms in total. The Morgan fingerprint density at radius 3 is 2.25 bits per heavy atom. The molecule has 4 heavy (non-hydrogen) atoms. The van der Waals surface area contributed by atoms with E-state index >= 15 is 0 Å². The molecule has 0 spiro atoms. The van der Waals surface area contributed by atoms with Crippen LogP contribution in [0.25, 0.3) is 0 Å². The van der Waals surface area contributed by atoms with E-state index in [0.717, 1.165) is 6.54 Å². The van der Waals surface area contributed by atoms with Crippen LogP contribution in [0.2, 0.25) is 0 Å². The van der Waals surface area contributed by atoms with E-state index in [-0.39, 0.29) is 0 Å². The lowest BCUT2D eigenvalue weighted by Gasteiger charge is -1.68. The lowest BCUT2D eigenvalue weighted by molar-refractivity contribution is -0.234. The molecule has 22 valence electrons. The Balaban J connectivity index is 2.54. The molecule has 1 heterocycles. The van der Waals surface area contributed by atoms with Gasteiger partial charge in [-0.15, -0.1) is 0 Å². The lowest BCUT2D eigenvalue weighted by atomic mass is 11.0. The first-order chi connectivity index (χ1) is 1.89. The number of rotatable bonds is 0. The standard InChI is InChI=1S/C2H3NS/c4-3-1-2-3/h1H,2H2. The first-order valence-electron chi connectivity index (χ1n) is 1.17. The van der Waals surface area contributed by atoms with E-state index in [0.29, 0.717) is 0 Å². The van der Waals surface area contributed by atoms with E-state index in [2.05, 4.69) is 12.8 Å². The van der Waals surface area contributed by atoms with Gasteiger partial charge in [-0.05, 0) is 0 Å². The maximum Gasteiger partial charge on any atom is 0.203 e. The van der Waals surface area contributed by atoms with Crippen LogP contribution in [0.4, 0.5) is 0 Å². The van der Waals surface area contributed by atoms with Crippen molar-refractivity contribution in [3.05, 3.63) is 0 Å². The van der Waals surface area contributed by atoms with E-state index in [1.54, 1.807) is 3.98 Å². The van der Waals surface area contributed by atoms with Crippen molar-refractivity contribution in [3.8, 4) is 0 Å². The summed E-state index contributed by atoms with van der Waals surface area (Å²) in [5.74, 6) is 0. The summed E-state index contributed by atoms with van der Waals surface area (Å²) in [4.78, 5) is 0. The van der Waals surface area contributed by atoms with Crippen molar-refractivity contribution in [2.24, 2.45) is 0 Å². The molecular weight excluding hydrogens is 70.1 g/mol. The molecule has 1 rings (SSSR count). The van der Waals surface area contributed by atoms with Gasteiger partial charge in [0.25, 0.3) is 0 Å². The van der Waals surface area contributed by atoms with Gasteiger partial charge in [-0.1, -0.05) is 0 Å². The minimum atomic E-state index is 1.01. The number of nitrogens with zero attached hydrogens (tertiary/aromatic N) is 1. The Morgan fingerprint density at radius 1 is 2.00 bits per heavy atom. The third kappa shape index (κ3) is 0.179. The van der Waals surface area contributed by atoms with E-state index in [4.69, 9.17) is 0 Å². The zero-order chi connectivity index (χ0) is 2.99. The fourth-order valence-corrected chi connectivity index (χ4v) is 0.100. The van der Waals surface area contributed by atoms with Gasteiger partial charge in [0.1, 0.15) is 0 Å². The third-order valence-corrected chi connectivity index (χ3v) is 0.630. The summed E-state index contributed by atoms with van der Waals surface area (Å²) in [5.41, 5.74) is 0. The minimum absolute atomic E-state index is 1.01. The topological polar surface area (TPSA) is 3.01 Å². The van der Waals surface area contributed by atoms with Crippen molar-refractivity contribution >= 4 is 19.0 Å². The van der Waals surface area contributed by atoms with Crippen molar-refractivity contribution in [1.82, 2.24) is 0 Å². The summed E-state index contributed by atoms with van der Waals surface area (Å²) in [5, 5.41) is 0. The number of hydrogen-bond acceptors (Lipinski definition) is 1. The van der Waals surface area contributed by atoms with Gasteiger partial charge in [0.2, 0.25) is 6.54 Å². The van der Waals surface area contributed by atoms with E-state index in [1.807, 2.05) is 6.21 Å². The molecule has 2 heteroatoms. The van der Waals surface area contributed by atoms with E-state index < -0.39 is 0 Å². The molecule has 0 bridgehead atoms. The van der Waals surface area contributed by atoms with Gasteiger partial charge in [-0.2, -0.15) is 0 Å². The molecule has 0 N–H and O–H groups in total. The molecule has 0 unspecified atom stereocenters. The summed E-state index contributed by atoms with van der Waals surface area (Å²) < 4.78 is 1.71. The molecule has 0 saturated heterocycles. The van der Waals surface area contributed by atoms with Gasteiger partial charge in [-0.3, -0.25) is 0 Å². The highest BCUT2D eigenvalue weighted by molar-refractivity contribution is 7.51. The van der Waals surface area contributed by atoms with Crippen molar-refractivity contribution in [3.63, 3.8) is 0 Å². The second kappa shape index (κ2) is 0.432. The van der Waals surface area contributed by atoms with Crippen LogP contribution in [-0.4, -0.2) is 16.7 Å². The van der Waals surface area contributed by atoms with Crippen molar-refractivity contribution < 1.29 is 3.98 Å². The zero-order valence-corrected chi connectivity index (χ0v) is 2.96. The van der Waals surface area contributed by atoms with Gasteiger partial charge in [-0.25, -0.2) is 0 Å². The Kier molecular flexibility index (Phi) is 0.232. The van der Waals surface area contributed by atoms with Crippen LogP contribution < -0.4 is 0 Å². The molecule has 0 atom stereocenters. The third-order valence-electron chi connectivity index (χ3n) is 0.332. The second-order valence-corrected chi connectivity index (χ2v) is 1.25. The molecule has 1 aliphatic rings. The van der Waals surface area contributed by atoms with E-state index in [9.17, 15) is 0 Å². The van der Waals surface area contributed by atoms with Gasteiger partial charge in [0.05, 0.1) is 0 Å². The summed E-state index contributed by atoms with van der Waals surface area (Å²) in [7, 11) is 0. The molecular formula is C2H3NS. The maximum absolute atomic E-state index is 4.51. The van der Waals surface area contributed by atoms with Crippen LogP contribution in [-0.2, 0) is 12.8 Å². The Morgan fingerprint density at radius 2 is 2.25 bits per heavy atom. The monoisotopic (exact) mass is 73.0 g/mol. The smallest absolute Gasteiger partial charge is 0.203 e. The predicted molar refractivity (Wildman–Crippen MR) is 18.6 cm³/mol. The fraction of sp³-hybridized carbons (Fsp3) is 0.500. The molecule has 0 saturated carbocycles. The average Bonchev–Trinajstić information content (AvgIpc) is 1.75. The Bertz CT molecular complexity index is 57.1. The molecule has 0 radical (unpaired) electrons. The fourth-order valence-electron chi connectivity index (χ4n) is 0.0333. The number of hydrogen-bond donors (Lipinski definition) is 0. The Hall–Kier alpha value is -0.110. The van der Waals surface area contributed by atoms with Crippen LogP contribution in [0.1, 0.15) is 0 Å². The van der Waals surface area contributed by atoms with Gasteiger partial charge >= 0.3 is 0 Å². The normalized spacial score (nSPS) is 19.5. The molecule has 1 aliphatic heterocycles. The van der Waals surface area contributed by atoms with Crippen LogP contribution in [0, 0.1) is 0 Å². The Labute approximate surface area is 30.5 Å². The van der Waals surface area contributed by atoms with Crippen molar-refractivity contribution in [1.29, 1.82) is 0 Å². The zero-order valence-electron chi connectivity index (χ0n) is 2.14. The molecule has 0 fully saturated rings. The summed E-state index contributed by atoms with van der Waals surface area (Å²) in [6.07, 6.45) is 1.94. The molecule has 0 amide bonds. The molecule has 0 aromatic heterocycles. The molecule has 0 aromatic carbocycles. The van der Waals surface area contributed by atoms with Crippen LogP contribution in [0.5, 0.6) is 0 Å². The lowest BCUT2D eigenvalue weighted by Crippen LogP contribution is -1.64. The predicted octanol–water partition coefficient (Wildman–Crippen LogP) is -0.455. The SMILES string of the molecule is [S-][N+]1=CC1. The highest BCUT2D eigenvalue weighted by Crippen LogP contribution is 1.74. The van der Waals surface area contributed by atoms with Crippen molar-refractivity contribution in [2.75, 3.05) is 6.54 Å². The van der Waals surface area contributed by atoms with Gasteiger partial charge in [0.15, 0.2) is 6.21 Å². The van der Waals surface area contributed by atoms with Gasteiger partial charge < -0.3 is 16.8 Å². The van der Waals surface area contributed by atoms with Crippen LogP contribution in [0.3, 0.4) is 0 Å². The largest absolute Gasteiger partial charge is 0.434 e. The average molecular weight is 73.1 g/mol. The maximum atomic E-state index is 4.51. The first-order valence-corrected chi connectivity index (χ1v) is 1.53. The second-order valence-electron chi connectivity index (χ2n) is 0.782. The minimum Gasteiger partial charge on any atom is -0.434 e. The van der Waals surface area contributed by atoms with E-state index in [1.165, 1.54) is 0 Å². The van der Waals surface area contributed by atoms with Crippen LogP contribution >= 0.6 is 0 Å². The van der Waals surface area contributed by atoms with Gasteiger partial charge in [0, 0.05) is 0 Å². The van der Waals surface area contributed by atoms with Crippen LogP contribution in [0.15, 0.2) is 0 Å². The highest BCUT2D eigenvalue weighted by Gasteiger charge is 1.98.